The Kier molecular flexibility index (Phi) is 2.73. The number of carbonyl (C=O) groups is 1. The molecule has 3 N–H and O–H groups in total. The molecule has 0 spiro atoms. The molecule has 2 rings (SSSR count). The van der Waals surface area contributed by atoms with E-state index in [1.807, 2.05) is 6.92 Å². The van der Waals surface area contributed by atoms with Crippen LogP contribution in [-0.4, -0.2) is 33.2 Å². The van der Waals surface area contributed by atoms with Gasteiger partial charge in [-0.15, -0.1) is 0 Å². The Morgan fingerprint density at radius 1 is 1.53 bits per heavy atom. The number of carbonyl (C=O) groups excluding carboxylic acids is 1. The summed E-state index contributed by atoms with van der Waals surface area (Å²) in [5, 5.41) is 6.40. The smallest absolute Gasteiger partial charge is 0.344 e. The van der Waals surface area contributed by atoms with Crippen LogP contribution in [0.2, 0.25) is 0 Å². The largest absolute Gasteiger partial charge is 0.465 e. The molecule has 17 heavy (non-hydrogen) atoms. The van der Waals surface area contributed by atoms with Gasteiger partial charge in [0.2, 0.25) is 0 Å². The zero-order valence-electron chi connectivity index (χ0n) is 9.39. The molecule has 2 aromatic rings. The number of esters is 1. The Bertz CT molecular complexity index is 564. The number of nitrogens with zero attached hydrogens (tertiary/aromatic N) is 3. The predicted molar refractivity (Wildman–Crippen MR) is 60.1 cm³/mol. The minimum atomic E-state index is -0.573. The highest BCUT2D eigenvalue weighted by atomic mass is 16.5. The van der Waals surface area contributed by atoms with E-state index >= 15 is 0 Å². The summed E-state index contributed by atoms with van der Waals surface area (Å²) in [5.74, 6) is -0.150. The Balaban J connectivity index is 2.57. The summed E-state index contributed by atoms with van der Waals surface area (Å²) < 4.78 is 4.63. The molecule has 2 heterocycles. The number of aryl methyl sites for hydroxylation is 1. The van der Waals surface area contributed by atoms with Gasteiger partial charge in [0.05, 0.1) is 7.11 Å². The van der Waals surface area contributed by atoms with Crippen molar-refractivity contribution in [1.29, 1.82) is 0 Å². The van der Waals surface area contributed by atoms with Gasteiger partial charge in [-0.1, -0.05) is 0 Å². The molecular weight excluding hydrogens is 222 g/mol. The van der Waals surface area contributed by atoms with Crippen molar-refractivity contribution in [3.05, 3.63) is 23.5 Å². The van der Waals surface area contributed by atoms with E-state index < -0.39 is 5.97 Å². The van der Waals surface area contributed by atoms with Crippen molar-refractivity contribution in [3.63, 3.8) is 0 Å². The van der Waals surface area contributed by atoms with E-state index in [9.17, 15) is 4.79 Å². The number of rotatable bonds is 2. The molecule has 0 aromatic carbocycles. The third-order valence-corrected chi connectivity index (χ3v) is 2.20. The Morgan fingerprint density at radius 3 is 2.94 bits per heavy atom. The van der Waals surface area contributed by atoms with Gasteiger partial charge in [0.25, 0.3) is 0 Å². The van der Waals surface area contributed by atoms with Crippen LogP contribution < -0.4 is 5.73 Å². The van der Waals surface area contributed by atoms with Crippen LogP contribution in [0.15, 0.2) is 12.3 Å². The maximum Gasteiger partial charge on any atom is 0.344 e. The van der Waals surface area contributed by atoms with E-state index in [0.29, 0.717) is 11.5 Å². The van der Waals surface area contributed by atoms with Gasteiger partial charge in [-0.3, -0.25) is 5.10 Å². The number of anilines is 1. The molecule has 0 amide bonds. The van der Waals surface area contributed by atoms with Crippen LogP contribution in [0.5, 0.6) is 0 Å². The van der Waals surface area contributed by atoms with Crippen LogP contribution in [0.1, 0.15) is 16.1 Å². The topological polar surface area (TPSA) is 107 Å². The van der Waals surface area contributed by atoms with Crippen LogP contribution in [-0.2, 0) is 4.74 Å². The highest BCUT2D eigenvalue weighted by Gasteiger charge is 2.22. The lowest BCUT2D eigenvalue weighted by atomic mass is 10.2. The molecule has 0 unspecified atom stereocenters. The van der Waals surface area contributed by atoms with Gasteiger partial charge in [0.1, 0.15) is 11.3 Å². The van der Waals surface area contributed by atoms with Gasteiger partial charge in [-0.2, -0.15) is 5.10 Å². The maximum atomic E-state index is 11.6. The second-order valence-electron chi connectivity index (χ2n) is 3.37. The number of nitrogens with two attached hydrogens (primary N) is 1. The fraction of sp³-hybridized carbons (Fsp3) is 0.200. The quantitative estimate of drug-likeness (QED) is 0.733. The molecule has 7 nitrogen and oxygen atoms in total. The van der Waals surface area contributed by atoms with E-state index in [1.54, 1.807) is 12.3 Å². The lowest BCUT2D eigenvalue weighted by molar-refractivity contribution is 0.0603. The summed E-state index contributed by atoms with van der Waals surface area (Å²) in [6.07, 6.45) is 1.59. The summed E-state index contributed by atoms with van der Waals surface area (Å²) in [6.45, 7) is 1.82. The molecule has 0 saturated heterocycles. The summed E-state index contributed by atoms with van der Waals surface area (Å²) in [4.78, 5) is 19.8. The van der Waals surface area contributed by atoms with Crippen molar-refractivity contribution in [2.24, 2.45) is 0 Å². The molecule has 0 atom stereocenters. The molecular formula is C10H11N5O2. The van der Waals surface area contributed by atoms with Crippen molar-refractivity contribution in [1.82, 2.24) is 20.2 Å². The van der Waals surface area contributed by atoms with E-state index in [-0.39, 0.29) is 11.4 Å². The van der Waals surface area contributed by atoms with Crippen LogP contribution in [0, 0.1) is 6.92 Å². The normalized spacial score (nSPS) is 10.2. The molecule has 0 aliphatic heterocycles. The van der Waals surface area contributed by atoms with E-state index in [0.717, 1.165) is 5.69 Å². The van der Waals surface area contributed by atoms with Gasteiger partial charge in [0, 0.05) is 11.9 Å². The number of hydrogen-bond acceptors (Lipinski definition) is 6. The fourth-order valence-electron chi connectivity index (χ4n) is 1.40. The van der Waals surface area contributed by atoms with E-state index in [4.69, 9.17) is 5.73 Å². The highest BCUT2D eigenvalue weighted by Crippen LogP contribution is 2.22. The zero-order valence-corrected chi connectivity index (χ0v) is 9.39. The molecule has 88 valence electrons. The summed E-state index contributed by atoms with van der Waals surface area (Å²) in [7, 11) is 1.27. The molecule has 0 fully saturated rings. The van der Waals surface area contributed by atoms with Gasteiger partial charge >= 0.3 is 5.97 Å². The third-order valence-electron chi connectivity index (χ3n) is 2.20. The number of nitrogen functional groups attached to an aromatic ring is 1. The summed E-state index contributed by atoms with van der Waals surface area (Å²) >= 11 is 0. The number of methoxy groups -OCH3 is 1. The SMILES string of the molecule is COC(=O)c1c(N)n[nH]c1-c1nccc(C)n1. The second-order valence-corrected chi connectivity index (χ2v) is 3.37. The fourth-order valence-corrected chi connectivity index (χ4v) is 1.40. The Hall–Kier alpha value is -2.44. The van der Waals surface area contributed by atoms with Crippen LogP contribution in [0.3, 0.4) is 0 Å². The van der Waals surface area contributed by atoms with Crippen LogP contribution in [0.25, 0.3) is 11.5 Å². The standard InChI is InChI=1S/C10H11N5O2/c1-5-3-4-12-9(13-5)7-6(10(16)17-2)8(11)15-14-7/h3-4H,1-2H3,(H3,11,14,15). The predicted octanol–water partition coefficient (Wildman–Crippen LogP) is 0.544. The summed E-state index contributed by atoms with van der Waals surface area (Å²) in [6, 6.07) is 1.75. The first-order valence-corrected chi connectivity index (χ1v) is 4.85. The third kappa shape index (κ3) is 1.94. The molecule has 7 heteroatoms. The lowest BCUT2D eigenvalue weighted by Gasteiger charge is -2.01. The first-order chi connectivity index (χ1) is 8.13. The Labute approximate surface area is 97.0 Å². The van der Waals surface area contributed by atoms with Crippen molar-refractivity contribution in [3.8, 4) is 11.5 Å². The minimum Gasteiger partial charge on any atom is -0.465 e. The van der Waals surface area contributed by atoms with Crippen molar-refractivity contribution >= 4 is 11.8 Å². The molecule has 0 radical (unpaired) electrons. The van der Waals surface area contributed by atoms with Crippen LogP contribution >= 0.6 is 0 Å². The van der Waals surface area contributed by atoms with E-state index in [1.165, 1.54) is 7.11 Å². The van der Waals surface area contributed by atoms with Gasteiger partial charge in [-0.25, -0.2) is 14.8 Å². The van der Waals surface area contributed by atoms with Gasteiger partial charge < -0.3 is 10.5 Å². The van der Waals surface area contributed by atoms with Crippen molar-refractivity contribution in [2.75, 3.05) is 12.8 Å². The van der Waals surface area contributed by atoms with Crippen LogP contribution in [0.4, 0.5) is 5.82 Å². The average molecular weight is 233 g/mol. The average Bonchev–Trinajstić information content (AvgIpc) is 2.70. The Morgan fingerprint density at radius 2 is 2.29 bits per heavy atom. The van der Waals surface area contributed by atoms with E-state index in [2.05, 4.69) is 24.9 Å². The number of nitrogens with one attached hydrogen (secondary N) is 1. The number of aromatic amines is 1. The minimum absolute atomic E-state index is 0.0666. The number of ether oxygens (including phenoxy) is 1. The molecule has 0 aliphatic carbocycles. The molecule has 0 saturated carbocycles. The van der Waals surface area contributed by atoms with Crippen molar-refractivity contribution in [2.45, 2.75) is 6.92 Å². The molecule has 0 aliphatic rings. The first kappa shape index (κ1) is 11.1. The zero-order chi connectivity index (χ0) is 12.4. The van der Waals surface area contributed by atoms with Crippen molar-refractivity contribution < 1.29 is 9.53 Å². The monoisotopic (exact) mass is 233 g/mol. The molecule has 2 aromatic heterocycles. The first-order valence-electron chi connectivity index (χ1n) is 4.85. The number of H-pyrrole nitrogens is 1. The summed E-state index contributed by atoms with van der Waals surface area (Å²) in [5.41, 5.74) is 6.88. The second kappa shape index (κ2) is 4.20. The molecule has 0 bridgehead atoms. The van der Waals surface area contributed by atoms with Gasteiger partial charge in [-0.05, 0) is 13.0 Å². The van der Waals surface area contributed by atoms with Gasteiger partial charge in [0.15, 0.2) is 11.6 Å². The maximum absolute atomic E-state index is 11.6. The number of hydrogen-bond donors (Lipinski definition) is 2. The highest BCUT2D eigenvalue weighted by molar-refractivity contribution is 5.99. The number of aromatic nitrogens is 4. The lowest BCUT2D eigenvalue weighted by Crippen LogP contribution is -2.06.